The predicted octanol–water partition coefficient (Wildman–Crippen LogP) is 2.88. The molecule has 1 aliphatic rings. The van der Waals surface area contributed by atoms with Crippen LogP contribution in [0, 0.1) is 0 Å². The molecular formula is C12H14F3NO. The Morgan fingerprint density at radius 2 is 2.00 bits per heavy atom. The number of hydrogen-bond donors (Lipinski definition) is 1. The Balaban J connectivity index is 2.32. The summed E-state index contributed by atoms with van der Waals surface area (Å²) < 4.78 is 42.6. The topological polar surface area (TPSA) is 35.2 Å². The van der Waals surface area contributed by atoms with Crippen LogP contribution in [0.4, 0.5) is 13.2 Å². The molecular weight excluding hydrogens is 231 g/mol. The lowest BCUT2D eigenvalue weighted by atomic mass is 10.00. The Kier molecular flexibility index (Phi) is 2.91. The molecule has 2 rings (SSSR count). The van der Waals surface area contributed by atoms with Gasteiger partial charge in [-0.05, 0) is 24.0 Å². The highest BCUT2D eigenvalue weighted by atomic mass is 19.4. The first-order chi connectivity index (χ1) is 7.87. The van der Waals surface area contributed by atoms with E-state index in [1.807, 2.05) is 0 Å². The zero-order chi connectivity index (χ0) is 12.7. The quantitative estimate of drug-likeness (QED) is 0.888. The van der Waals surface area contributed by atoms with Gasteiger partial charge in [0, 0.05) is 12.6 Å². The first kappa shape index (κ1) is 12.4. The molecule has 0 aliphatic heterocycles. The van der Waals surface area contributed by atoms with Crippen LogP contribution in [0.25, 0.3) is 0 Å². The van der Waals surface area contributed by atoms with Gasteiger partial charge in [0.25, 0.3) is 0 Å². The van der Waals surface area contributed by atoms with Crippen LogP contribution in [-0.2, 0) is 10.3 Å². The number of nitrogens with two attached hydrogens (primary N) is 1. The standard InChI is InChI=1S/C12H14F3NO/c1-17-10(12(13,14)15)8-3-2-4-9(7-8)11(16)5-6-11/h2-4,7,10H,5-6,16H2,1H3. The average molecular weight is 245 g/mol. The number of ether oxygens (including phenoxy) is 1. The lowest BCUT2D eigenvalue weighted by molar-refractivity contribution is -0.216. The Hall–Kier alpha value is -1.07. The molecule has 0 bridgehead atoms. The number of rotatable bonds is 3. The molecule has 2 N–H and O–H groups in total. The summed E-state index contributed by atoms with van der Waals surface area (Å²) in [4.78, 5) is 0. The summed E-state index contributed by atoms with van der Waals surface area (Å²) in [7, 11) is 1.06. The molecule has 0 saturated heterocycles. The minimum atomic E-state index is -4.40. The second kappa shape index (κ2) is 3.99. The third-order valence-corrected chi connectivity index (χ3v) is 3.09. The minimum Gasteiger partial charge on any atom is -0.367 e. The Labute approximate surface area is 97.6 Å². The van der Waals surface area contributed by atoms with Crippen molar-refractivity contribution >= 4 is 0 Å². The number of benzene rings is 1. The maximum atomic E-state index is 12.7. The van der Waals surface area contributed by atoms with Crippen LogP contribution in [0.5, 0.6) is 0 Å². The fraction of sp³-hybridized carbons (Fsp3) is 0.500. The van der Waals surface area contributed by atoms with E-state index in [1.165, 1.54) is 12.1 Å². The van der Waals surface area contributed by atoms with E-state index >= 15 is 0 Å². The molecule has 1 saturated carbocycles. The molecule has 1 aromatic rings. The van der Waals surface area contributed by atoms with Gasteiger partial charge in [-0.15, -0.1) is 0 Å². The van der Waals surface area contributed by atoms with E-state index in [0.717, 1.165) is 25.5 Å². The van der Waals surface area contributed by atoms with Crippen LogP contribution in [-0.4, -0.2) is 13.3 Å². The summed E-state index contributed by atoms with van der Waals surface area (Å²) in [6.07, 6.45) is -4.65. The van der Waals surface area contributed by atoms with Gasteiger partial charge in [0.2, 0.25) is 0 Å². The van der Waals surface area contributed by atoms with Crippen LogP contribution in [0.2, 0.25) is 0 Å². The van der Waals surface area contributed by atoms with Crippen LogP contribution in [0.15, 0.2) is 24.3 Å². The molecule has 1 unspecified atom stereocenters. The van der Waals surface area contributed by atoms with E-state index in [0.29, 0.717) is 0 Å². The number of alkyl halides is 3. The molecule has 17 heavy (non-hydrogen) atoms. The van der Waals surface area contributed by atoms with Crippen LogP contribution < -0.4 is 5.73 Å². The first-order valence-electron chi connectivity index (χ1n) is 5.36. The van der Waals surface area contributed by atoms with Gasteiger partial charge in [-0.3, -0.25) is 0 Å². The van der Waals surface area contributed by atoms with E-state index in [-0.39, 0.29) is 5.56 Å². The zero-order valence-electron chi connectivity index (χ0n) is 9.42. The SMILES string of the molecule is COC(c1cccc(C2(N)CC2)c1)C(F)(F)F. The summed E-state index contributed by atoms with van der Waals surface area (Å²) in [5.41, 5.74) is 6.39. The van der Waals surface area contributed by atoms with Crippen molar-refractivity contribution < 1.29 is 17.9 Å². The molecule has 1 fully saturated rings. The maximum absolute atomic E-state index is 12.7. The highest BCUT2D eigenvalue weighted by Crippen LogP contribution is 2.44. The van der Waals surface area contributed by atoms with Gasteiger partial charge in [0.05, 0.1) is 0 Å². The van der Waals surface area contributed by atoms with Gasteiger partial charge in [0.15, 0.2) is 6.10 Å². The Morgan fingerprint density at radius 3 is 2.47 bits per heavy atom. The molecule has 5 heteroatoms. The lowest BCUT2D eigenvalue weighted by Gasteiger charge is -2.20. The van der Waals surface area contributed by atoms with Crippen molar-refractivity contribution in [1.82, 2.24) is 0 Å². The smallest absolute Gasteiger partial charge is 0.367 e. The van der Waals surface area contributed by atoms with Gasteiger partial charge in [-0.1, -0.05) is 24.3 Å². The molecule has 0 radical (unpaired) electrons. The van der Waals surface area contributed by atoms with E-state index in [4.69, 9.17) is 5.73 Å². The normalized spacial score (nSPS) is 20.1. The van der Waals surface area contributed by atoms with Crippen molar-refractivity contribution in [2.75, 3.05) is 7.11 Å². The monoisotopic (exact) mass is 245 g/mol. The fourth-order valence-electron chi connectivity index (χ4n) is 1.89. The molecule has 94 valence electrons. The summed E-state index contributed by atoms with van der Waals surface area (Å²) in [6, 6.07) is 6.26. The third kappa shape index (κ3) is 2.45. The Morgan fingerprint density at radius 1 is 1.35 bits per heavy atom. The molecule has 2 nitrogen and oxygen atoms in total. The largest absolute Gasteiger partial charge is 0.418 e. The zero-order valence-corrected chi connectivity index (χ0v) is 9.42. The second-order valence-corrected chi connectivity index (χ2v) is 4.44. The van der Waals surface area contributed by atoms with Crippen molar-refractivity contribution in [3.05, 3.63) is 35.4 Å². The Bertz CT molecular complexity index is 412. The first-order valence-corrected chi connectivity index (χ1v) is 5.36. The summed E-state index contributed by atoms with van der Waals surface area (Å²) in [5.74, 6) is 0. The molecule has 0 spiro atoms. The van der Waals surface area contributed by atoms with Crippen molar-refractivity contribution in [3.63, 3.8) is 0 Å². The molecule has 0 heterocycles. The second-order valence-electron chi connectivity index (χ2n) is 4.44. The molecule has 0 aromatic heterocycles. The molecule has 0 amide bonds. The predicted molar refractivity (Wildman–Crippen MR) is 57.3 cm³/mol. The summed E-state index contributed by atoms with van der Waals surface area (Å²) >= 11 is 0. The van der Waals surface area contributed by atoms with Crippen LogP contribution in [0.1, 0.15) is 30.1 Å². The van der Waals surface area contributed by atoms with Crippen molar-refractivity contribution in [1.29, 1.82) is 0 Å². The van der Waals surface area contributed by atoms with E-state index in [1.54, 1.807) is 12.1 Å². The van der Waals surface area contributed by atoms with E-state index in [9.17, 15) is 13.2 Å². The lowest BCUT2D eigenvalue weighted by Crippen LogP contribution is -2.24. The summed E-state index contributed by atoms with van der Waals surface area (Å²) in [6.45, 7) is 0. The minimum absolute atomic E-state index is 0.106. The van der Waals surface area contributed by atoms with Gasteiger partial charge >= 0.3 is 6.18 Å². The third-order valence-electron chi connectivity index (χ3n) is 3.09. The number of halogens is 3. The van der Waals surface area contributed by atoms with Gasteiger partial charge in [-0.2, -0.15) is 13.2 Å². The van der Waals surface area contributed by atoms with Gasteiger partial charge in [0.1, 0.15) is 0 Å². The molecule has 1 aromatic carbocycles. The van der Waals surface area contributed by atoms with Crippen LogP contribution >= 0.6 is 0 Å². The number of methoxy groups -OCH3 is 1. The highest BCUT2D eigenvalue weighted by molar-refractivity contribution is 5.34. The average Bonchev–Trinajstić information content (AvgIpc) is 2.97. The van der Waals surface area contributed by atoms with Crippen molar-refractivity contribution in [3.8, 4) is 0 Å². The van der Waals surface area contributed by atoms with Crippen LogP contribution in [0.3, 0.4) is 0 Å². The van der Waals surface area contributed by atoms with E-state index in [2.05, 4.69) is 4.74 Å². The maximum Gasteiger partial charge on any atom is 0.418 e. The van der Waals surface area contributed by atoms with Crippen molar-refractivity contribution in [2.45, 2.75) is 30.7 Å². The molecule has 1 aliphatic carbocycles. The highest BCUT2D eigenvalue weighted by Gasteiger charge is 2.43. The van der Waals surface area contributed by atoms with Crippen molar-refractivity contribution in [2.24, 2.45) is 5.73 Å². The fourth-order valence-corrected chi connectivity index (χ4v) is 1.89. The van der Waals surface area contributed by atoms with Gasteiger partial charge < -0.3 is 10.5 Å². The van der Waals surface area contributed by atoms with Gasteiger partial charge in [-0.25, -0.2) is 0 Å². The van der Waals surface area contributed by atoms with E-state index < -0.39 is 17.8 Å². The number of hydrogen-bond acceptors (Lipinski definition) is 2. The molecule has 1 atom stereocenters. The summed E-state index contributed by atoms with van der Waals surface area (Å²) in [5, 5.41) is 0.